The lowest BCUT2D eigenvalue weighted by atomic mass is 10.2. The number of rotatable bonds is 7. The normalized spacial score (nSPS) is 11.2. The van der Waals surface area contributed by atoms with Gasteiger partial charge in [0, 0.05) is 13.6 Å². The molecule has 1 aromatic carbocycles. The van der Waals surface area contributed by atoms with E-state index < -0.39 is 30.1 Å². The number of nitrogens with zero attached hydrogens (tertiary/aromatic N) is 3. The summed E-state index contributed by atoms with van der Waals surface area (Å²) in [5, 5.41) is 7.99. The Kier molecular flexibility index (Phi) is 6.96. The number of anilines is 1. The van der Waals surface area contributed by atoms with Crippen LogP contribution in [0.3, 0.4) is 0 Å². The molecule has 152 valence electrons. The number of aromatic nitrogens is 2. The minimum Gasteiger partial charge on any atom is -0.409 e. The second-order valence-electron chi connectivity index (χ2n) is 5.86. The molecule has 11 heteroatoms. The molecule has 2 amide bonds. The van der Waals surface area contributed by atoms with E-state index in [4.69, 9.17) is 4.74 Å². The molecule has 0 aliphatic heterocycles. The van der Waals surface area contributed by atoms with Crippen LogP contribution in [-0.4, -0.2) is 40.7 Å². The lowest BCUT2D eigenvalue weighted by Gasteiger charge is -2.17. The molecular formula is C17H19F3N4O4. The van der Waals surface area contributed by atoms with E-state index in [1.165, 1.54) is 23.1 Å². The molecule has 8 nitrogen and oxygen atoms in total. The Hall–Kier alpha value is -3.11. The van der Waals surface area contributed by atoms with Crippen LogP contribution < -0.4 is 10.1 Å². The first-order valence-corrected chi connectivity index (χ1v) is 8.46. The van der Waals surface area contributed by atoms with Crippen molar-refractivity contribution in [3.63, 3.8) is 0 Å². The largest absolute Gasteiger partial charge is 0.470 e. The second kappa shape index (κ2) is 9.20. The van der Waals surface area contributed by atoms with Gasteiger partial charge in [-0.05, 0) is 18.6 Å². The van der Waals surface area contributed by atoms with Gasteiger partial charge in [0.2, 0.25) is 0 Å². The molecule has 0 aliphatic carbocycles. The van der Waals surface area contributed by atoms with Gasteiger partial charge in [0.05, 0.1) is 5.56 Å². The molecular weight excluding hydrogens is 381 g/mol. The highest BCUT2D eigenvalue weighted by Gasteiger charge is 2.38. The van der Waals surface area contributed by atoms with Gasteiger partial charge in [-0.3, -0.25) is 10.1 Å². The third-order valence-corrected chi connectivity index (χ3v) is 3.63. The molecule has 1 aromatic heterocycles. The molecule has 1 heterocycles. The molecule has 0 aliphatic rings. The highest BCUT2D eigenvalue weighted by atomic mass is 19.4. The lowest BCUT2D eigenvalue weighted by Crippen LogP contribution is -2.31. The minimum absolute atomic E-state index is 0.0529. The molecule has 2 aromatic rings. The van der Waals surface area contributed by atoms with Crippen molar-refractivity contribution in [2.45, 2.75) is 32.4 Å². The van der Waals surface area contributed by atoms with Gasteiger partial charge in [-0.2, -0.15) is 13.2 Å². The molecule has 0 fully saturated rings. The van der Waals surface area contributed by atoms with Crippen LogP contribution >= 0.6 is 0 Å². The fourth-order valence-electron chi connectivity index (χ4n) is 2.16. The third-order valence-electron chi connectivity index (χ3n) is 3.63. The molecule has 0 spiro atoms. The molecule has 2 rings (SSSR count). The maximum absolute atomic E-state index is 12.5. The lowest BCUT2D eigenvalue weighted by molar-refractivity contribution is -0.156. The minimum atomic E-state index is -4.83. The standard InChI is InChI=1S/C17H19F3N4O4/c1-3-4-7-10-24(2)16(26)27-12-9-6-5-8-11(12)13(25)21-15-23-22-14(28-15)17(18,19)20/h5-6,8-9H,3-4,7,10H2,1-2H3,(H,21,23,25). The van der Waals surface area contributed by atoms with E-state index in [2.05, 4.69) is 19.9 Å². The van der Waals surface area contributed by atoms with Crippen LogP contribution in [0, 0.1) is 0 Å². The van der Waals surface area contributed by atoms with Crippen molar-refractivity contribution < 1.29 is 31.9 Å². The first-order chi connectivity index (χ1) is 13.2. The number of carbonyl (C=O) groups is 2. The first-order valence-electron chi connectivity index (χ1n) is 8.46. The zero-order valence-electron chi connectivity index (χ0n) is 15.2. The number of halogens is 3. The van der Waals surface area contributed by atoms with Gasteiger partial charge in [0.25, 0.3) is 5.91 Å². The Bertz CT molecular complexity index is 823. The summed E-state index contributed by atoms with van der Waals surface area (Å²) in [5.41, 5.74) is -0.0791. The van der Waals surface area contributed by atoms with E-state index in [1.807, 2.05) is 6.92 Å². The van der Waals surface area contributed by atoms with Crippen LogP contribution in [0.15, 0.2) is 28.7 Å². The van der Waals surface area contributed by atoms with Crippen molar-refractivity contribution in [1.82, 2.24) is 15.1 Å². The fourth-order valence-corrected chi connectivity index (χ4v) is 2.16. The predicted molar refractivity (Wildman–Crippen MR) is 91.9 cm³/mol. The van der Waals surface area contributed by atoms with Gasteiger partial charge >= 0.3 is 24.2 Å². The van der Waals surface area contributed by atoms with Crippen molar-refractivity contribution in [3.05, 3.63) is 35.7 Å². The second-order valence-corrected chi connectivity index (χ2v) is 5.86. The summed E-state index contributed by atoms with van der Waals surface area (Å²) < 4.78 is 47.0. The monoisotopic (exact) mass is 400 g/mol. The number of alkyl halides is 3. The summed E-state index contributed by atoms with van der Waals surface area (Å²) in [6, 6.07) is 5.06. The van der Waals surface area contributed by atoms with E-state index in [1.54, 1.807) is 13.1 Å². The average Bonchev–Trinajstić information content (AvgIpc) is 3.11. The Labute approximate surface area is 158 Å². The zero-order valence-corrected chi connectivity index (χ0v) is 15.2. The van der Waals surface area contributed by atoms with Crippen molar-refractivity contribution in [2.75, 3.05) is 18.9 Å². The van der Waals surface area contributed by atoms with E-state index in [0.29, 0.717) is 6.54 Å². The van der Waals surface area contributed by atoms with Gasteiger partial charge in [0.15, 0.2) is 0 Å². The highest BCUT2D eigenvalue weighted by molar-refractivity contribution is 6.05. The highest BCUT2D eigenvalue weighted by Crippen LogP contribution is 2.29. The van der Waals surface area contributed by atoms with Crippen molar-refractivity contribution in [2.24, 2.45) is 0 Å². The number of hydrogen-bond donors (Lipinski definition) is 1. The smallest absolute Gasteiger partial charge is 0.409 e. The van der Waals surface area contributed by atoms with Gasteiger partial charge in [-0.15, -0.1) is 5.10 Å². The molecule has 0 radical (unpaired) electrons. The summed E-state index contributed by atoms with van der Waals surface area (Å²) >= 11 is 0. The van der Waals surface area contributed by atoms with Crippen LogP contribution in [0.25, 0.3) is 0 Å². The van der Waals surface area contributed by atoms with Gasteiger partial charge < -0.3 is 14.1 Å². The topological polar surface area (TPSA) is 97.6 Å². The molecule has 0 unspecified atom stereocenters. The van der Waals surface area contributed by atoms with Crippen molar-refractivity contribution in [3.8, 4) is 5.75 Å². The Balaban J connectivity index is 2.07. The van der Waals surface area contributed by atoms with Gasteiger partial charge in [-0.25, -0.2) is 4.79 Å². The van der Waals surface area contributed by atoms with E-state index >= 15 is 0 Å². The molecule has 0 atom stereocenters. The first kappa shape index (κ1) is 21.2. The van der Waals surface area contributed by atoms with Crippen LogP contribution in [0.2, 0.25) is 0 Å². The number of nitrogens with one attached hydrogen (secondary N) is 1. The Morgan fingerprint density at radius 1 is 1.21 bits per heavy atom. The number of amides is 2. The molecule has 28 heavy (non-hydrogen) atoms. The number of para-hydroxylation sites is 1. The van der Waals surface area contributed by atoms with Crippen molar-refractivity contribution in [1.29, 1.82) is 0 Å². The zero-order chi connectivity index (χ0) is 20.7. The molecule has 0 saturated carbocycles. The number of unbranched alkanes of at least 4 members (excludes halogenated alkanes) is 2. The van der Waals surface area contributed by atoms with Crippen LogP contribution in [0.5, 0.6) is 5.75 Å². The maximum atomic E-state index is 12.5. The summed E-state index contributed by atoms with van der Waals surface area (Å²) in [4.78, 5) is 25.9. The van der Waals surface area contributed by atoms with Crippen molar-refractivity contribution >= 4 is 18.0 Å². The number of ether oxygens (including phenoxy) is 1. The van der Waals surface area contributed by atoms with E-state index in [9.17, 15) is 22.8 Å². The number of benzene rings is 1. The molecule has 0 bridgehead atoms. The van der Waals surface area contributed by atoms with Crippen LogP contribution in [0.1, 0.15) is 42.4 Å². The van der Waals surface area contributed by atoms with Gasteiger partial charge in [-0.1, -0.05) is 37.0 Å². The van der Waals surface area contributed by atoms with Gasteiger partial charge in [0.1, 0.15) is 5.75 Å². The average molecular weight is 400 g/mol. The summed E-state index contributed by atoms with van der Waals surface area (Å²) in [6.07, 6.45) is -2.72. The SMILES string of the molecule is CCCCCN(C)C(=O)Oc1ccccc1C(=O)Nc1nnc(C(F)(F)F)o1. The van der Waals surface area contributed by atoms with Crippen LogP contribution in [0.4, 0.5) is 24.0 Å². The fraction of sp³-hybridized carbons (Fsp3) is 0.412. The third kappa shape index (κ3) is 5.69. The number of hydrogen-bond acceptors (Lipinski definition) is 6. The Morgan fingerprint density at radius 3 is 2.57 bits per heavy atom. The molecule has 1 N–H and O–H groups in total. The maximum Gasteiger partial charge on any atom is 0.470 e. The van der Waals surface area contributed by atoms with E-state index in [-0.39, 0.29) is 11.3 Å². The summed E-state index contributed by atoms with van der Waals surface area (Å²) in [6.45, 7) is 2.53. The molecule has 0 saturated heterocycles. The quantitative estimate of drug-likeness (QED) is 0.707. The number of carbonyl (C=O) groups excluding carboxylic acids is 2. The predicted octanol–water partition coefficient (Wildman–Crippen LogP) is 3.96. The Morgan fingerprint density at radius 2 is 1.93 bits per heavy atom. The van der Waals surface area contributed by atoms with E-state index in [0.717, 1.165) is 19.3 Å². The summed E-state index contributed by atoms with van der Waals surface area (Å²) in [5.74, 6) is -2.51. The summed E-state index contributed by atoms with van der Waals surface area (Å²) in [7, 11) is 1.57. The van der Waals surface area contributed by atoms with Crippen LogP contribution in [-0.2, 0) is 6.18 Å².